The Balaban J connectivity index is 2.28. The van der Waals surface area contributed by atoms with Crippen molar-refractivity contribution in [2.45, 2.75) is 39.3 Å². The van der Waals surface area contributed by atoms with Gasteiger partial charge in [0, 0.05) is 31.5 Å². The van der Waals surface area contributed by atoms with Crippen LogP contribution in [-0.4, -0.2) is 23.3 Å². The Morgan fingerprint density at radius 2 is 2.00 bits per heavy atom. The Kier molecular flexibility index (Phi) is 4.55. The van der Waals surface area contributed by atoms with E-state index in [1.807, 2.05) is 0 Å². The fourth-order valence-corrected chi connectivity index (χ4v) is 2.62. The normalized spacial score (nSPS) is 17.9. The van der Waals surface area contributed by atoms with Crippen LogP contribution < -0.4 is 0 Å². The fourth-order valence-electron chi connectivity index (χ4n) is 2.62. The zero-order valence-corrected chi connectivity index (χ0v) is 12.0. The smallest absolute Gasteiger partial charge is 0.302 e. The molecule has 0 aromatic heterocycles. The van der Waals surface area contributed by atoms with Crippen molar-refractivity contribution in [1.82, 2.24) is 4.90 Å². The van der Waals surface area contributed by atoms with Gasteiger partial charge in [-0.3, -0.25) is 9.59 Å². The van der Waals surface area contributed by atoms with Crippen molar-refractivity contribution >= 4 is 11.9 Å². The van der Waals surface area contributed by atoms with Crippen LogP contribution in [0.4, 0.5) is 8.78 Å². The van der Waals surface area contributed by atoms with Crippen LogP contribution in [0.1, 0.15) is 43.9 Å². The highest BCUT2D eigenvalue weighted by atomic mass is 19.2. The first-order valence-electron chi connectivity index (χ1n) is 6.79. The van der Waals surface area contributed by atoms with Crippen molar-refractivity contribution in [2.24, 2.45) is 0 Å². The largest absolute Gasteiger partial charge is 0.461 e. The third kappa shape index (κ3) is 3.20. The molecule has 0 radical (unpaired) electrons. The molecule has 1 fully saturated rings. The molecule has 2 rings (SSSR count). The molecule has 1 aromatic carbocycles. The van der Waals surface area contributed by atoms with Crippen molar-refractivity contribution in [3.05, 3.63) is 34.9 Å². The lowest BCUT2D eigenvalue weighted by Crippen LogP contribution is -2.28. The molecule has 0 saturated carbocycles. The third-order valence-corrected chi connectivity index (χ3v) is 3.64. The summed E-state index contributed by atoms with van der Waals surface area (Å²) in [5, 5.41) is 0. The van der Waals surface area contributed by atoms with Crippen LogP contribution in [0.25, 0.3) is 0 Å². The molecule has 1 atom stereocenters. The minimum absolute atomic E-state index is 0.0150. The number of nitrogens with zero attached hydrogens (tertiary/aromatic N) is 1. The number of esters is 1. The topological polar surface area (TPSA) is 46.6 Å². The number of hydrogen-bond acceptors (Lipinski definition) is 3. The van der Waals surface area contributed by atoms with E-state index < -0.39 is 23.6 Å². The van der Waals surface area contributed by atoms with Crippen molar-refractivity contribution in [2.75, 3.05) is 6.54 Å². The summed E-state index contributed by atoms with van der Waals surface area (Å²) >= 11 is 0. The van der Waals surface area contributed by atoms with Crippen LogP contribution in [0, 0.1) is 11.6 Å². The second kappa shape index (κ2) is 6.20. The third-order valence-electron chi connectivity index (χ3n) is 3.64. The average molecular weight is 297 g/mol. The van der Waals surface area contributed by atoms with Crippen molar-refractivity contribution in [3.63, 3.8) is 0 Å². The van der Waals surface area contributed by atoms with Gasteiger partial charge in [0.2, 0.25) is 5.91 Å². The van der Waals surface area contributed by atoms with Crippen molar-refractivity contribution in [1.29, 1.82) is 0 Å². The molecule has 1 aromatic rings. The Bertz CT molecular complexity index is 574. The molecule has 1 saturated heterocycles. The standard InChI is InChI=1S/C15H17F2NO3/c1-9(19)18-7-3-4-13(18)12-6-5-11(8-21-10(2)20)14(16)15(12)17/h5-6,13H,3-4,7-8H2,1-2H3. The Morgan fingerprint density at radius 1 is 1.29 bits per heavy atom. The molecular weight excluding hydrogens is 280 g/mol. The summed E-state index contributed by atoms with van der Waals surface area (Å²) in [6.45, 7) is 2.86. The molecule has 0 N–H and O–H groups in total. The first kappa shape index (κ1) is 15.4. The van der Waals surface area contributed by atoms with Gasteiger partial charge in [-0.2, -0.15) is 0 Å². The lowest BCUT2D eigenvalue weighted by molar-refractivity contribution is -0.142. The number of rotatable bonds is 3. The second-order valence-electron chi connectivity index (χ2n) is 5.09. The van der Waals surface area contributed by atoms with Gasteiger partial charge in [0.1, 0.15) is 6.61 Å². The molecule has 1 unspecified atom stereocenters. The summed E-state index contributed by atoms with van der Waals surface area (Å²) in [7, 11) is 0. The predicted octanol–water partition coefficient (Wildman–Crippen LogP) is 2.71. The number of hydrogen-bond donors (Lipinski definition) is 0. The zero-order chi connectivity index (χ0) is 15.6. The van der Waals surface area contributed by atoms with Crippen LogP contribution in [0.3, 0.4) is 0 Å². The van der Waals surface area contributed by atoms with Gasteiger partial charge < -0.3 is 9.64 Å². The van der Waals surface area contributed by atoms with Crippen LogP contribution in [-0.2, 0) is 20.9 Å². The maximum atomic E-state index is 14.2. The van der Waals surface area contributed by atoms with E-state index in [1.165, 1.54) is 26.0 Å². The van der Waals surface area contributed by atoms with Crippen LogP contribution in [0.2, 0.25) is 0 Å². The molecule has 0 aliphatic carbocycles. The summed E-state index contributed by atoms with van der Waals surface area (Å²) in [5.41, 5.74) is 0.158. The number of likely N-dealkylation sites (tertiary alicyclic amines) is 1. The molecule has 1 heterocycles. The summed E-state index contributed by atoms with van der Waals surface area (Å²) in [4.78, 5) is 23.8. The molecule has 6 heteroatoms. The maximum Gasteiger partial charge on any atom is 0.302 e. The number of amides is 1. The highest BCUT2D eigenvalue weighted by molar-refractivity contribution is 5.74. The van der Waals surface area contributed by atoms with Gasteiger partial charge in [0.05, 0.1) is 6.04 Å². The van der Waals surface area contributed by atoms with E-state index >= 15 is 0 Å². The molecule has 0 bridgehead atoms. The van der Waals surface area contributed by atoms with Gasteiger partial charge in [-0.15, -0.1) is 0 Å². The quantitative estimate of drug-likeness (QED) is 0.806. The second-order valence-corrected chi connectivity index (χ2v) is 5.09. The fraction of sp³-hybridized carbons (Fsp3) is 0.467. The SMILES string of the molecule is CC(=O)OCc1ccc(C2CCCN2C(C)=O)c(F)c1F. The number of carbonyl (C=O) groups excluding carboxylic acids is 2. The predicted molar refractivity (Wildman–Crippen MR) is 71.2 cm³/mol. The molecule has 114 valence electrons. The van der Waals surface area contributed by atoms with Gasteiger partial charge in [-0.1, -0.05) is 12.1 Å². The van der Waals surface area contributed by atoms with E-state index in [9.17, 15) is 18.4 Å². The monoisotopic (exact) mass is 297 g/mol. The molecule has 1 aliphatic rings. The minimum Gasteiger partial charge on any atom is -0.461 e. The van der Waals surface area contributed by atoms with E-state index in [-0.39, 0.29) is 23.6 Å². The first-order valence-corrected chi connectivity index (χ1v) is 6.79. The van der Waals surface area contributed by atoms with Crippen LogP contribution >= 0.6 is 0 Å². The zero-order valence-electron chi connectivity index (χ0n) is 12.0. The van der Waals surface area contributed by atoms with Gasteiger partial charge >= 0.3 is 5.97 Å². The number of halogens is 2. The Morgan fingerprint density at radius 3 is 2.62 bits per heavy atom. The van der Waals surface area contributed by atoms with E-state index in [1.54, 1.807) is 4.90 Å². The Labute approximate surface area is 121 Å². The molecule has 0 spiro atoms. The lowest BCUT2D eigenvalue weighted by Gasteiger charge is -2.24. The summed E-state index contributed by atoms with van der Waals surface area (Å²) in [6.07, 6.45) is 1.37. The van der Waals surface area contributed by atoms with Crippen molar-refractivity contribution < 1.29 is 23.1 Å². The van der Waals surface area contributed by atoms with E-state index in [0.717, 1.165) is 6.42 Å². The van der Waals surface area contributed by atoms with Crippen molar-refractivity contribution in [3.8, 4) is 0 Å². The molecule has 1 amide bonds. The molecule has 21 heavy (non-hydrogen) atoms. The van der Waals surface area contributed by atoms with Gasteiger partial charge in [0.25, 0.3) is 0 Å². The van der Waals surface area contributed by atoms with E-state index in [4.69, 9.17) is 0 Å². The first-order chi connectivity index (χ1) is 9.91. The number of ether oxygens (including phenoxy) is 1. The van der Waals surface area contributed by atoms with Crippen LogP contribution in [0.5, 0.6) is 0 Å². The lowest BCUT2D eigenvalue weighted by atomic mass is 10.0. The Hall–Kier alpha value is -1.98. The van der Waals surface area contributed by atoms with Gasteiger partial charge in [0.15, 0.2) is 11.6 Å². The van der Waals surface area contributed by atoms with E-state index in [2.05, 4.69) is 4.74 Å². The summed E-state index contributed by atoms with van der Waals surface area (Å²) < 4.78 is 32.9. The van der Waals surface area contributed by atoms with Gasteiger partial charge in [-0.05, 0) is 12.8 Å². The molecular formula is C15H17F2NO3. The number of carbonyl (C=O) groups is 2. The number of benzene rings is 1. The minimum atomic E-state index is -1.02. The average Bonchev–Trinajstić information content (AvgIpc) is 2.89. The maximum absolute atomic E-state index is 14.2. The molecule has 4 nitrogen and oxygen atoms in total. The van der Waals surface area contributed by atoms with Crippen LogP contribution in [0.15, 0.2) is 12.1 Å². The highest BCUT2D eigenvalue weighted by Gasteiger charge is 2.31. The molecule has 1 aliphatic heterocycles. The highest BCUT2D eigenvalue weighted by Crippen LogP contribution is 2.34. The summed E-state index contributed by atoms with van der Waals surface area (Å²) in [5.74, 6) is -2.71. The van der Waals surface area contributed by atoms with Gasteiger partial charge in [-0.25, -0.2) is 8.78 Å². The van der Waals surface area contributed by atoms with E-state index in [0.29, 0.717) is 13.0 Å². The summed E-state index contributed by atoms with van der Waals surface area (Å²) in [6, 6.07) is 2.43.